The van der Waals surface area contributed by atoms with Crippen molar-refractivity contribution in [1.82, 2.24) is 29.7 Å². The van der Waals surface area contributed by atoms with Crippen LogP contribution in [0.15, 0.2) is 46.8 Å². The number of carbonyl (C=O) groups excluding carboxylic acids is 1. The maximum absolute atomic E-state index is 12.3. The smallest absolute Gasteiger partial charge is 0.240 e. The summed E-state index contributed by atoms with van der Waals surface area (Å²) in [6.45, 7) is 0.253. The number of nitrogens with one attached hydrogen (secondary N) is 1. The SMILES string of the molecule is CN(C)/C=N/c1ncnc2c1ncn2CC(=O)NCc1ccc(S(N)(=O)=O)cc1. The highest BCUT2D eigenvalue weighted by molar-refractivity contribution is 7.89. The Kier molecular flexibility index (Phi) is 5.84. The van der Waals surface area contributed by atoms with Gasteiger partial charge in [0.2, 0.25) is 15.9 Å². The predicted octanol–water partition coefficient (Wildman–Crippen LogP) is 0.0115. The molecule has 2 heterocycles. The Labute approximate surface area is 167 Å². The molecular weight excluding hydrogens is 396 g/mol. The van der Waals surface area contributed by atoms with Crippen molar-refractivity contribution in [2.45, 2.75) is 18.0 Å². The second-order valence-electron chi connectivity index (χ2n) is 6.42. The van der Waals surface area contributed by atoms with Crippen LogP contribution in [-0.4, -0.2) is 59.2 Å². The summed E-state index contributed by atoms with van der Waals surface area (Å²) in [5.41, 5.74) is 1.74. The van der Waals surface area contributed by atoms with E-state index in [9.17, 15) is 13.2 Å². The number of nitrogens with two attached hydrogens (primary N) is 1. The molecule has 1 amide bonds. The fraction of sp³-hybridized carbons (Fsp3) is 0.235. The molecule has 152 valence electrons. The van der Waals surface area contributed by atoms with Crippen LogP contribution in [0.3, 0.4) is 0 Å². The number of aliphatic imine (C=N–C) groups is 1. The van der Waals surface area contributed by atoms with Crippen molar-refractivity contribution in [2.75, 3.05) is 14.1 Å². The van der Waals surface area contributed by atoms with Crippen LogP contribution in [0.4, 0.5) is 5.82 Å². The molecule has 0 aliphatic carbocycles. The van der Waals surface area contributed by atoms with Gasteiger partial charge in [-0.25, -0.2) is 33.5 Å². The largest absolute Gasteiger partial charge is 0.369 e. The number of benzene rings is 1. The number of amides is 1. The molecule has 0 unspecified atom stereocenters. The number of sulfonamides is 1. The Morgan fingerprint density at radius 1 is 1.24 bits per heavy atom. The van der Waals surface area contributed by atoms with Gasteiger partial charge in [-0.15, -0.1) is 0 Å². The molecule has 3 rings (SSSR count). The van der Waals surface area contributed by atoms with Crippen LogP contribution >= 0.6 is 0 Å². The van der Waals surface area contributed by atoms with E-state index in [1.807, 2.05) is 14.1 Å². The number of aromatic nitrogens is 4. The van der Waals surface area contributed by atoms with Gasteiger partial charge in [0.1, 0.15) is 12.9 Å². The van der Waals surface area contributed by atoms with Crippen LogP contribution < -0.4 is 10.5 Å². The van der Waals surface area contributed by atoms with Crippen molar-refractivity contribution in [3.8, 4) is 0 Å². The first-order valence-corrected chi connectivity index (χ1v) is 10.0. The minimum absolute atomic E-state index is 0.0135. The molecule has 0 atom stereocenters. The molecule has 3 aromatic rings. The van der Waals surface area contributed by atoms with Gasteiger partial charge in [0.05, 0.1) is 17.6 Å². The van der Waals surface area contributed by atoms with E-state index in [0.717, 1.165) is 5.56 Å². The fourth-order valence-corrected chi connectivity index (χ4v) is 2.97. The van der Waals surface area contributed by atoms with E-state index in [-0.39, 0.29) is 23.9 Å². The Morgan fingerprint density at radius 2 is 1.97 bits per heavy atom. The number of fused-ring (bicyclic) bond motifs is 1. The second kappa shape index (κ2) is 8.32. The number of nitrogens with zero attached hydrogens (tertiary/aromatic N) is 6. The molecule has 11 nitrogen and oxygen atoms in total. The lowest BCUT2D eigenvalue weighted by Gasteiger charge is -2.07. The van der Waals surface area contributed by atoms with Gasteiger partial charge in [0.25, 0.3) is 0 Å². The molecular formula is C17H20N8O3S. The zero-order valence-electron chi connectivity index (χ0n) is 15.8. The zero-order chi connectivity index (χ0) is 21.0. The highest BCUT2D eigenvalue weighted by Gasteiger charge is 2.12. The maximum atomic E-state index is 12.3. The molecule has 0 spiro atoms. The summed E-state index contributed by atoms with van der Waals surface area (Å²) < 4.78 is 24.1. The summed E-state index contributed by atoms with van der Waals surface area (Å²) in [5, 5.41) is 7.83. The predicted molar refractivity (Wildman–Crippen MR) is 107 cm³/mol. The van der Waals surface area contributed by atoms with Gasteiger partial charge < -0.3 is 14.8 Å². The normalized spacial score (nSPS) is 11.8. The van der Waals surface area contributed by atoms with Gasteiger partial charge in [-0.3, -0.25) is 4.79 Å². The van der Waals surface area contributed by atoms with E-state index < -0.39 is 10.0 Å². The topological polar surface area (TPSA) is 148 Å². The van der Waals surface area contributed by atoms with Crippen LogP contribution in [-0.2, 0) is 27.9 Å². The zero-order valence-corrected chi connectivity index (χ0v) is 16.7. The third-order valence-electron chi connectivity index (χ3n) is 3.85. The summed E-state index contributed by atoms with van der Waals surface area (Å²) >= 11 is 0. The van der Waals surface area contributed by atoms with E-state index >= 15 is 0 Å². The average molecular weight is 416 g/mol. The van der Waals surface area contributed by atoms with Crippen molar-refractivity contribution in [3.63, 3.8) is 0 Å². The molecule has 0 radical (unpaired) electrons. The number of primary sulfonamides is 1. The third-order valence-corrected chi connectivity index (χ3v) is 4.78. The summed E-state index contributed by atoms with van der Waals surface area (Å²) in [7, 11) is -0.0596. The van der Waals surface area contributed by atoms with E-state index in [4.69, 9.17) is 5.14 Å². The minimum Gasteiger partial charge on any atom is -0.369 e. The van der Waals surface area contributed by atoms with Crippen LogP contribution in [0.2, 0.25) is 0 Å². The van der Waals surface area contributed by atoms with Gasteiger partial charge in [0, 0.05) is 20.6 Å². The van der Waals surface area contributed by atoms with Gasteiger partial charge in [-0.2, -0.15) is 0 Å². The van der Waals surface area contributed by atoms with Crippen molar-refractivity contribution in [3.05, 3.63) is 42.5 Å². The number of carbonyl (C=O) groups is 1. The molecule has 3 N–H and O–H groups in total. The van der Waals surface area contributed by atoms with Crippen LogP contribution in [0.1, 0.15) is 5.56 Å². The summed E-state index contributed by atoms with van der Waals surface area (Å²) in [5.74, 6) is 0.162. The molecule has 0 saturated carbocycles. The number of rotatable bonds is 7. The highest BCUT2D eigenvalue weighted by atomic mass is 32.2. The summed E-state index contributed by atoms with van der Waals surface area (Å²) in [4.78, 5) is 30.9. The Hall–Kier alpha value is -3.38. The molecule has 12 heteroatoms. The van der Waals surface area contributed by atoms with Crippen LogP contribution in [0.25, 0.3) is 11.2 Å². The lowest BCUT2D eigenvalue weighted by Crippen LogP contribution is -2.27. The molecule has 0 aliphatic rings. The number of hydrogen-bond donors (Lipinski definition) is 2. The van der Waals surface area contributed by atoms with Gasteiger partial charge in [-0.05, 0) is 17.7 Å². The lowest BCUT2D eigenvalue weighted by atomic mass is 10.2. The quantitative estimate of drug-likeness (QED) is 0.407. The van der Waals surface area contributed by atoms with E-state index in [2.05, 4.69) is 25.3 Å². The fourth-order valence-electron chi connectivity index (χ4n) is 2.46. The van der Waals surface area contributed by atoms with E-state index in [0.29, 0.717) is 17.0 Å². The molecule has 1 aromatic carbocycles. The Morgan fingerprint density at radius 3 is 2.62 bits per heavy atom. The second-order valence-corrected chi connectivity index (χ2v) is 7.98. The Balaban J connectivity index is 1.66. The average Bonchev–Trinajstić information content (AvgIpc) is 3.08. The first-order valence-electron chi connectivity index (χ1n) is 8.49. The van der Waals surface area contributed by atoms with Crippen molar-refractivity contribution in [1.29, 1.82) is 0 Å². The molecule has 2 aromatic heterocycles. The molecule has 0 fully saturated rings. The lowest BCUT2D eigenvalue weighted by molar-refractivity contribution is -0.121. The van der Waals surface area contributed by atoms with Gasteiger partial charge in [0.15, 0.2) is 17.0 Å². The van der Waals surface area contributed by atoms with Crippen molar-refractivity contribution >= 4 is 39.3 Å². The Bertz CT molecular complexity index is 1150. The highest BCUT2D eigenvalue weighted by Crippen LogP contribution is 2.19. The number of imidazole rings is 1. The standard InChI is InChI=1S/C17H20N8O3S/c1-24(2)10-23-16-15-17(21-9-20-16)25(11-22-15)8-14(26)19-7-12-3-5-13(6-4-12)29(18,27)28/h3-6,9-11H,7-8H2,1-2H3,(H,19,26)(H2,18,27,28)/b23-10+. The van der Waals surface area contributed by atoms with Crippen molar-refractivity contribution in [2.24, 2.45) is 10.1 Å². The maximum Gasteiger partial charge on any atom is 0.240 e. The number of hydrogen-bond acceptors (Lipinski definition) is 7. The molecule has 29 heavy (non-hydrogen) atoms. The van der Waals surface area contributed by atoms with Gasteiger partial charge in [-0.1, -0.05) is 12.1 Å². The summed E-state index contributed by atoms with van der Waals surface area (Å²) in [6.07, 6.45) is 4.48. The molecule has 0 saturated heterocycles. The monoisotopic (exact) mass is 416 g/mol. The van der Waals surface area contributed by atoms with Crippen LogP contribution in [0, 0.1) is 0 Å². The van der Waals surface area contributed by atoms with Crippen LogP contribution in [0.5, 0.6) is 0 Å². The first-order chi connectivity index (χ1) is 13.7. The minimum atomic E-state index is -3.74. The summed E-state index contributed by atoms with van der Waals surface area (Å²) in [6, 6.07) is 5.98. The third kappa shape index (κ3) is 5.12. The van der Waals surface area contributed by atoms with E-state index in [1.54, 1.807) is 27.9 Å². The first kappa shape index (κ1) is 20.4. The molecule has 0 bridgehead atoms. The van der Waals surface area contributed by atoms with E-state index in [1.165, 1.54) is 24.8 Å². The molecule has 0 aliphatic heterocycles. The van der Waals surface area contributed by atoms with Crippen molar-refractivity contribution < 1.29 is 13.2 Å². The van der Waals surface area contributed by atoms with Gasteiger partial charge >= 0.3 is 0 Å².